The Labute approximate surface area is 135 Å². The molecule has 3 aromatic rings. The Morgan fingerprint density at radius 2 is 1.70 bits per heavy atom. The molecule has 0 aliphatic rings. The summed E-state index contributed by atoms with van der Waals surface area (Å²) in [6.45, 7) is 0.993. The molecule has 0 fully saturated rings. The fourth-order valence-electron chi connectivity index (χ4n) is 2.95. The molecule has 0 aliphatic carbocycles. The molecule has 3 rings (SSSR count). The highest BCUT2D eigenvalue weighted by molar-refractivity contribution is 5.95. The lowest BCUT2D eigenvalue weighted by molar-refractivity contribution is -0.872. The van der Waals surface area contributed by atoms with Crippen molar-refractivity contribution in [2.45, 2.75) is 6.54 Å². The quantitative estimate of drug-likeness (QED) is 0.777. The van der Waals surface area contributed by atoms with E-state index >= 15 is 0 Å². The first kappa shape index (κ1) is 15.3. The van der Waals surface area contributed by atoms with Crippen molar-refractivity contribution in [2.75, 3.05) is 14.1 Å². The van der Waals surface area contributed by atoms with Gasteiger partial charge in [0.05, 0.1) is 25.8 Å². The van der Waals surface area contributed by atoms with Crippen LogP contribution in [0.4, 0.5) is 0 Å². The highest BCUT2D eigenvalue weighted by Gasteiger charge is 2.08. The average Bonchev–Trinajstić information content (AvgIpc) is 2.84. The molecule has 1 heterocycles. The van der Waals surface area contributed by atoms with Crippen LogP contribution in [0.25, 0.3) is 22.0 Å². The van der Waals surface area contributed by atoms with E-state index < -0.39 is 5.97 Å². The lowest BCUT2D eigenvalue weighted by atomic mass is 10.0. The van der Waals surface area contributed by atoms with Gasteiger partial charge in [0.1, 0.15) is 6.54 Å². The number of hydrogen-bond acceptors (Lipinski definition) is 2. The molecule has 23 heavy (non-hydrogen) atoms. The zero-order chi connectivity index (χ0) is 16.6. The first-order valence-corrected chi connectivity index (χ1v) is 7.65. The van der Waals surface area contributed by atoms with Crippen LogP contribution in [0.2, 0.25) is 0 Å². The molecule has 0 aliphatic heterocycles. The lowest BCUT2D eigenvalue weighted by Crippen LogP contribution is -3.04. The van der Waals surface area contributed by atoms with E-state index in [1.54, 1.807) is 17.7 Å². The fourth-order valence-corrected chi connectivity index (χ4v) is 2.95. The summed E-state index contributed by atoms with van der Waals surface area (Å²) in [5.74, 6) is -1.15. The number of hydrogen-bond donors (Lipinski definition) is 1. The third kappa shape index (κ3) is 2.98. The minimum Gasteiger partial charge on any atom is -0.543 e. The summed E-state index contributed by atoms with van der Waals surface area (Å²) in [6, 6.07) is 16.2. The van der Waals surface area contributed by atoms with Gasteiger partial charge in [0, 0.05) is 23.5 Å². The molecule has 0 bridgehead atoms. The molecule has 0 amide bonds. The van der Waals surface area contributed by atoms with Gasteiger partial charge in [0.2, 0.25) is 0 Å². The van der Waals surface area contributed by atoms with Crippen molar-refractivity contribution in [3.8, 4) is 11.1 Å². The van der Waals surface area contributed by atoms with Gasteiger partial charge < -0.3 is 19.4 Å². The van der Waals surface area contributed by atoms with Crippen LogP contribution in [-0.4, -0.2) is 24.6 Å². The molecule has 4 heteroatoms. The largest absolute Gasteiger partial charge is 0.543 e. The maximum atomic E-state index is 11.1. The number of nitrogens with one attached hydrogen (secondary N) is 1. The van der Waals surface area contributed by atoms with Gasteiger partial charge >= 0.3 is 0 Å². The van der Waals surface area contributed by atoms with Gasteiger partial charge in [-0.05, 0) is 29.3 Å². The molecule has 0 radical (unpaired) electrons. The van der Waals surface area contributed by atoms with Crippen LogP contribution in [0, 0.1) is 0 Å². The SMILES string of the molecule is Cn1c(C(=O)[O-])cc2cc(-c3ccc(C[NH+](C)C)cc3)ccc21. The molecule has 0 saturated carbocycles. The van der Waals surface area contributed by atoms with Crippen LogP contribution in [0.15, 0.2) is 48.5 Å². The number of nitrogens with zero attached hydrogens (tertiary/aromatic N) is 1. The molecule has 4 nitrogen and oxygen atoms in total. The molecule has 0 spiro atoms. The predicted molar refractivity (Wildman–Crippen MR) is 89.2 cm³/mol. The van der Waals surface area contributed by atoms with Gasteiger partial charge in [-0.1, -0.05) is 30.3 Å². The van der Waals surface area contributed by atoms with E-state index in [0.29, 0.717) is 0 Å². The number of carboxylic acids is 1. The van der Waals surface area contributed by atoms with Gasteiger partial charge in [0.25, 0.3) is 0 Å². The number of carbonyl (C=O) groups is 1. The number of fused-ring (bicyclic) bond motifs is 1. The maximum absolute atomic E-state index is 11.1. The Morgan fingerprint density at radius 3 is 2.30 bits per heavy atom. The second kappa shape index (κ2) is 5.89. The van der Waals surface area contributed by atoms with Gasteiger partial charge in [-0.15, -0.1) is 0 Å². The van der Waals surface area contributed by atoms with Gasteiger partial charge in [-0.3, -0.25) is 0 Å². The zero-order valence-corrected chi connectivity index (χ0v) is 13.6. The minimum absolute atomic E-state index is 0.196. The number of carboxylic acid groups (broad SMARTS) is 1. The highest BCUT2D eigenvalue weighted by Crippen LogP contribution is 2.26. The Hall–Kier alpha value is -2.59. The second-order valence-corrected chi connectivity index (χ2v) is 6.23. The van der Waals surface area contributed by atoms with E-state index in [1.165, 1.54) is 10.5 Å². The highest BCUT2D eigenvalue weighted by atomic mass is 16.4. The minimum atomic E-state index is -1.15. The first-order valence-electron chi connectivity index (χ1n) is 7.65. The van der Waals surface area contributed by atoms with Crippen molar-refractivity contribution < 1.29 is 14.8 Å². The maximum Gasteiger partial charge on any atom is 0.102 e. The van der Waals surface area contributed by atoms with Gasteiger partial charge in [0.15, 0.2) is 0 Å². The van der Waals surface area contributed by atoms with Crippen LogP contribution in [0.5, 0.6) is 0 Å². The number of aromatic nitrogens is 1. The molecule has 0 unspecified atom stereocenters. The fraction of sp³-hybridized carbons (Fsp3) is 0.211. The smallest absolute Gasteiger partial charge is 0.102 e. The summed E-state index contributed by atoms with van der Waals surface area (Å²) in [5.41, 5.74) is 4.59. The average molecular weight is 308 g/mol. The first-order chi connectivity index (χ1) is 11.0. The van der Waals surface area contributed by atoms with Crippen LogP contribution in [-0.2, 0) is 13.6 Å². The molecule has 2 aromatic carbocycles. The van der Waals surface area contributed by atoms with E-state index in [4.69, 9.17) is 0 Å². The number of aromatic carboxylic acids is 1. The van der Waals surface area contributed by atoms with Gasteiger partial charge in [-0.2, -0.15) is 0 Å². The summed E-state index contributed by atoms with van der Waals surface area (Å²) in [7, 11) is 6.00. The van der Waals surface area contributed by atoms with Crippen molar-refractivity contribution in [3.05, 3.63) is 59.8 Å². The van der Waals surface area contributed by atoms with Gasteiger partial charge in [-0.25, -0.2) is 0 Å². The molecule has 0 atom stereocenters. The summed E-state index contributed by atoms with van der Waals surface area (Å²) in [6.07, 6.45) is 0. The third-order valence-corrected chi connectivity index (χ3v) is 4.10. The second-order valence-electron chi connectivity index (χ2n) is 6.23. The zero-order valence-electron chi connectivity index (χ0n) is 13.6. The summed E-state index contributed by atoms with van der Waals surface area (Å²) in [4.78, 5) is 12.5. The molecule has 1 aromatic heterocycles. The topological polar surface area (TPSA) is 49.5 Å². The standard InChI is InChI=1S/C19H20N2O2/c1-20(2)12-13-4-6-14(7-5-13)15-8-9-17-16(10-15)11-18(19(22)23)21(17)3/h4-11H,12H2,1-3H3,(H,22,23). The Morgan fingerprint density at radius 1 is 1.04 bits per heavy atom. The van der Waals surface area contributed by atoms with Crippen molar-refractivity contribution in [1.82, 2.24) is 4.57 Å². The van der Waals surface area contributed by atoms with Crippen molar-refractivity contribution >= 4 is 16.9 Å². The predicted octanol–water partition coefficient (Wildman–Crippen LogP) is 0.853. The molecular formula is C19H20N2O2. The molecule has 118 valence electrons. The van der Waals surface area contributed by atoms with Crippen molar-refractivity contribution in [3.63, 3.8) is 0 Å². The van der Waals surface area contributed by atoms with Crippen LogP contribution >= 0.6 is 0 Å². The van der Waals surface area contributed by atoms with Crippen molar-refractivity contribution in [1.29, 1.82) is 0 Å². The van der Waals surface area contributed by atoms with E-state index in [9.17, 15) is 9.90 Å². The van der Waals surface area contributed by atoms with E-state index in [-0.39, 0.29) is 5.69 Å². The Bertz CT molecular complexity index is 861. The molecular weight excluding hydrogens is 288 g/mol. The number of aryl methyl sites for hydroxylation is 1. The monoisotopic (exact) mass is 308 g/mol. The van der Waals surface area contributed by atoms with Crippen LogP contribution < -0.4 is 10.0 Å². The van der Waals surface area contributed by atoms with Crippen LogP contribution in [0.3, 0.4) is 0 Å². The van der Waals surface area contributed by atoms with Crippen molar-refractivity contribution in [2.24, 2.45) is 7.05 Å². The summed E-state index contributed by atoms with van der Waals surface area (Å²) < 4.78 is 1.65. The lowest BCUT2D eigenvalue weighted by Gasteiger charge is -2.08. The van der Waals surface area contributed by atoms with E-state index in [1.807, 2.05) is 18.2 Å². The number of quaternary nitrogens is 1. The number of benzene rings is 2. The normalized spacial score (nSPS) is 11.3. The summed E-state index contributed by atoms with van der Waals surface area (Å²) in [5, 5.41) is 12.0. The van der Waals surface area contributed by atoms with Crippen LogP contribution in [0.1, 0.15) is 16.1 Å². The third-order valence-electron chi connectivity index (χ3n) is 4.10. The summed E-state index contributed by atoms with van der Waals surface area (Å²) >= 11 is 0. The Balaban J connectivity index is 1.98. The Kier molecular flexibility index (Phi) is 3.92. The van der Waals surface area contributed by atoms with E-state index in [0.717, 1.165) is 28.6 Å². The molecule has 1 N–H and O–H groups in total. The number of carbonyl (C=O) groups excluding carboxylic acids is 1. The number of rotatable bonds is 4. The molecule has 0 saturated heterocycles. The van der Waals surface area contributed by atoms with E-state index in [2.05, 4.69) is 38.4 Å².